The van der Waals surface area contributed by atoms with Crippen LogP contribution in [0.4, 0.5) is 0 Å². The summed E-state index contributed by atoms with van der Waals surface area (Å²) in [5.74, 6) is 3.64. The molecule has 7 nitrogen and oxygen atoms in total. The van der Waals surface area contributed by atoms with Crippen molar-refractivity contribution < 1.29 is 19.3 Å². The van der Waals surface area contributed by atoms with Crippen LogP contribution in [0.15, 0.2) is 0 Å². The Balaban J connectivity index is 2.58. The molecular formula is C5H9N3O4. The summed E-state index contributed by atoms with van der Waals surface area (Å²) in [6, 6.07) is -0.830. The lowest BCUT2D eigenvalue weighted by Gasteiger charge is -2.19. The average molecular weight is 175 g/mol. The van der Waals surface area contributed by atoms with Crippen molar-refractivity contribution in [2.75, 3.05) is 0 Å². The first kappa shape index (κ1) is 8.91. The molecule has 0 aliphatic carbocycles. The van der Waals surface area contributed by atoms with Crippen molar-refractivity contribution in [3.8, 4) is 0 Å². The van der Waals surface area contributed by atoms with Gasteiger partial charge in [-0.3, -0.25) is 4.79 Å². The van der Waals surface area contributed by atoms with Gasteiger partial charge in [0.05, 0.1) is 0 Å². The summed E-state index contributed by atoms with van der Waals surface area (Å²) >= 11 is 0. The summed E-state index contributed by atoms with van der Waals surface area (Å²) in [4.78, 5) is 30.1. The van der Waals surface area contributed by atoms with Crippen molar-refractivity contribution >= 4 is 11.9 Å². The quantitative estimate of drug-likeness (QED) is 0.418. The molecule has 0 radical (unpaired) electrons. The molecule has 1 fully saturated rings. The van der Waals surface area contributed by atoms with E-state index in [-0.39, 0.29) is 18.2 Å². The number of nitrogens with zero attached hydrogens (tertiary/aromatic N) is 1. The van der Waals surface area contributed by atoms with Crippen molar-refractivity contribution in [1.82, 2.24) is 5.34 Å². The Morgan fingerprint density at radius 3 is 2.75 bits per heavy atom. The number of hydrogen-bond donors (Lipinski definition) is 2. The number of rotatable bonds is 0. The molecule has 1 heterocycles. The number of hydrogen-bond acceptors (Lipinski definition) is 7. The van der Waals surface area contributed by atoms with E-state index in [1.807, 2.05) is 0 Å². The van der Waals surface area contributed by atoms with Gasteiger partial charge in [-0.25, -0.2) is 4.79 Å². The van der Waals surface area contributed by atoms with Gasteiger partial charge in [-0.15, -0.1) is 0 Å². The van der Waals surface area contributed by atoms with Gasteiger partial charge < -0.3 is 15.4 Å². The Hall–Kier alpha value is -1.18. The second-order valence-electron chi connectivity index (χ2n) is 2.30. The average Bonchev–Trinajstić information content (AvgIpc) is 1.98. The SMILES string of the molecule is N[C@H]1CCC(=O)ON(N)OC1=O. The minimum absolute atomic E-state index is 0.0456. The lowest BCUT2D eigenvalue weighted by atomic mass is 10.2. The summed E-state index contributed by atoms with van der Waals surface area (Å²) < 4.78 is 0. The normalized spacial score (nSPS) is 27.0. The van der Waals surface area contributed by atoms with Gasteiger partial charge in [0.1, 0.15) is 11.4 Å². The predicted molar refractivity (Wildman–Crippen MR) is 35.4 cm³/mol. The first-order chi connectivity index (χ1) is 5.59. The van der Waals surface area contributed by atoms with Crippen molar-refractivity contribution in [3.63, 3.8) is 0 Å². The Kier molecular flexibility index (Phi) is 2.58. The fourth-order valence-corrected chi connectivity index (χ4v) is 0.712. The molecule has 0 spiro atoms. The standard InChI is InChI=1S/C5H9N3O4/c6-3-1-2-4(9)11-8(7)12-5(3)10/h3H,1-2,6-7H2/t3-/m0/s1. The molecule has 1 rings (SSSR count). The van der Waals surface area contributed by atoms with E-state index in [0.717, 1.165) is 0 Å². The molecule has 0 amide bonds. The van der Waals surface area contributed by atoms with E-state index in [0.29, 0.717) is 0 Å². The van der Waals surface area contributed by atoms with E-state index in [1.165, 1.54) is 0 Å². The number of carbonyl (C=O) groups is 2. The fraction of sp³-hybridized carbons (Fsp3) is 0.600. The second-order valence-corrected chi connectivity index (χ2v) is 2.30. The van der Waals surface area contributed by atoms with Gasteiger partial charge >= 0.3 is 11.9 Å². The van der Waals surface area contributed by atoms with Gasteiger partial charge in [0.25, 0.3) is 0 Å². The lowest BCUT2D eigenvalue weighted by Crippen LogP contribution is -2.44. The molecule has 4 N–H and O–H groups in total. The summed E-state index contributed by atoms with van der Waals surface area (Å²) in [5.41, 5.74) is 5.31. The number of carbonyl (C=O) groups excluding carboxylic acids is 2. The summed E-state index contributed by atoms with van der Waals surface area (Å²) in [6.07, 6.45) is 0.246. The highest BCUT2D eigenvalue weighted by molar-refractivity contribution is 5.77. The highest BCUT2D eigenvalue weighted by Gasteiger charge is 2.24. The zero-order chi connectivity index (χ0) is 9.14. The van der Waals surface area contributed by atoms with Crippen LogP contribution in [0.5, 0.6) is 0 Å². The van der Waals surface area contributed by atoms with Crippen molar-refractivity contribution in [3.05, 3.63) is 0 Å². The summed E-state index contributed by atoms with van der Waals surface area (Å²) in [6.45, 7) is 0. The van der Waals surface area contributed by atoms with Crippen LogP contribution in [0.1, 0.15) is 12.8 Å². The minimum atomic E-state index is -0.830. The first-order valence-corrected chi connectivity index (χ1v) is 3.32. The van der Waals surface area contributed by atoms with Crippen molar-refractivity contribution in [2.24, 2.45) is 11.6 Å². The van der Waals surface area contributed by atoms with Gasteiger partial charge in [0, 0.05) is 6.42 Å². The first-order valence-electron chi connectivity index (χ1n) is 3.32. The Bertz CT molecular complexity index is 207. The molecule has 1 saturated heterocycles. The molecular weight excluding hydrogens is 166 g/mol. The van der Waals surface area contributed by atoms with E-state index < -0.39 is 18.0 Å². The van der Waals surface area contributed by atoms with Crippen molar-refractivity contribution in [2.45, 2.75) is 18.9 Å². The maximum atomic E-state index is 10.8. The Morgan fingerprint density at radius 1 is 1.42 bits per heavy atom. The second kappa shape index (κ2) is 3.48. The minimum Gasteiger partial charge on any atom is -0.319 e. The largest absolute Gasteiger partial charge is 0.347 e. The molecule has 0 aromatic heterocycles. The molecule has 7 heteroatoms. The monoisotopic (exact) mass is 175 g/mol. The van der Waals surface area contributed by atoms with Gasteiger partial charge in [-0.2, -0.15) is 5.84 Å². The molecule has 0 aromatic carbocycles. The van der Waals surface area contributed by atoms with E-state index >= 15 is 0 Å². The molecule has 1 aliphatic rings. The predicted octanol–water partition coefficient (Wildman–Crippen LogP) is -1.80. The smallest absolute Gasteiger partial charge is 0.319 e. The van der Waals surface area contributed by atoms with E-state index in [1.54, 1.807) is 0 Å². The lowest BCUT2D eigenvalue weighted by molar-refractivity contribution is -0.331. The maximum Gasteiger partial charge on any atom is 0.347 e. The fourth-order valence-electron chi connectivity index (χ4n) is 0.712. The third-order valence-corrected chi connectivity index (χ3v) is 1.33. The summed E-state index contributed by atoms with van der Waals surface area (Å²) in [7, 11) is 0. The molecule has 12 heavy (non-hydrogen) atoms. The van der Waals surface area contributed by atoms with E-state index in [2.05, 4.69) is 9.68 Å². The third kappa shape index (κ3) is 2.16. The van der Waals surface area contributed by atoms with E-state index in [4.69, 9.17) is 11.6 Å². The zero-order valence-electron chi connectivity index (χ0n) is 6.23. The molecule has 0 unspecified atom stereocenters. The van der Waals surface area contributed by atoms with Crippen LogP contribution in [0.3, 0.4) is 0 Å². The van der Waals surface area contributed by atoms with Gasteiger partial charge in [0.2, 0.25) is 0 Å². The number of nitrogens with two attached hydrogens (primary N) is 2. The molecule has 0 saturated carbocycles. The summed E-state index contributed by atoms with van der Waals surface area (Å²) in [5, 5.41) is 0.212. The van der Waals surface area contributed by atoms with Crippen LogP contribution < -0.4 is 11.6 Å². The highest BCUT2D eigenvalue weighted by atomic mass is 17.0. The van der Waals surface area contributed by atoms with E-state index in [9.17, 15) is 9.59 Å². The zero-order valence-corrected chi connectivity index (χ0v) is 6.23. The van der Waals surface area contributed by atoms with Gasteiger partial charge in [0.15, 0.2) is 0 Å². The number of hydrazine groups is 1. The van der Waals surface area contributed by atoms with Crippen LogP contribution in [-0.2, 0) is 19.3 Å². The molecule has 68 valence electrons. The van der Waals surface area contributed by atoms with Crippen molar-refractivity contribution in [1.29, 1.82) is 0 Å². The van der Waals surface area contributed by atoms with Crippen LogP contribution in [0.2, 0.25) is 0 Å². The van der Waals surface area contributed by atoms with Crippen LogP contribution in [0, 0.1) is 0 Å². The molecule has 1 aliphatic heterocycles. The Morgan fingerprint density at radius 2 is 2.08 bits per heavy atom. The molecule has 0 bridgehead atoms. The highest BCUT2D eigenvalue weighted by Crippen LogP contribution is 2.04. The van der Waals surface area contributed by atoms with Crippen LogP contribution in [-0.4, -0.2) is 23.3 Å². The third-order valence-electron chi connectivity index (χ3n) is 1.33. The van der Waals surface area contributed by atoms with Crippen LogP contribution >= 0.6 is 0 Å². The van der Waals surface area contributed by atoms with Gasteiger partial charge in [-0.05, 0) is 6.42 Å². The molecule has 0 aromatic rings. The van der Waals surface area contributed by atoms with Gasteiger partial charge in [-0.1, -0.05) is 0 Å². The Labute approximate surface area is 68.1 Å². The van der Waals surface area contributed by atoms with Crippen LogP contribution in [0.25, 0.3) is 0 Å². The maximum absolute atomic E-state index is 10.8. The topological polar surface area (TPSA) is 108 Å². The molecule has 1 atom stereocenters.